The molecule has 0 bridgehead atoms. The molecular weight excluding hydrogens is 292 g/mol. The maximum Gasteiger partial charge on any atom is 0.242 e. The lowest BCUT2D eigenvalue weighted by Crippen LogP contribution is -2.35. The molecule has 1 atom stereocenters. The van der Waals surface area contributed by atoms with Gasteiger partial charge in [-0.3, -0.25) is 0 Å². The van der Waals surface area contributed by atoms with Crippen molar-refractivity contribution in [3.63, 3.8) is 0 Å². The van der Waals surface area contributed by atoms with E-state index in [1.54, 1.807) is 0 Å². The second-order valence-electron chi connectivity index (χ2n) is 4.97. The fourth-order valence-corrected chi connectivity index (χ4v) is 5.32. The molecule has 0 fully saturated rings. The van der Waals surface area contributed by atoms with Crippen LogP contribution in [0.25, 0.3) is 0 Å². The number of nitrogens with one attached hydrogen (secondary N) is 2. The maximum absolute atomic E-state index is 12.6. The highest BCUT2D eigenvalue weighted by Crippen LogP contribution is 2.27. The Morgan fingerprint density at radius 1 is 1.30 bits per heavy atom. The number of rotatable bonds is 9. The summed E-state index contributed by atoms with van der Waals surface area (Å²) in [4.78, 5) is 1.36. The van der Waals surface area contributed by atoms with Gasteiger partial charge in [-0.25, -0.2) is 13.1 Å². The summed E-state index contributed by atoms with van der Waals surface area (Å²) in [6.45, 7) is 9.40. The largest absolute Gasteiger partial charge is 0.312 e. The van der Waals surface area contributed by atoms with Gasteiger partial charge >= 0.3 is 0 Å². The first-order valence-corrected chi connectivity index (χ1v) is 9.62. The molecule has 0 aliphatic rings. The normalized spacial score (nSPS) is 13.6. The molecule has 2 N–H and O–H groups in total. The first-order chi connectivity index (χ1) is 9.46. The summed E-state index contributed by atoms with van der Waals surface area (Å²) in [5.41, 5.74) is 0.835. The average Bonchev–Trinajstić information content (AvgIpc) is 2.77. The van der Waals surface area contributed by atoms with E-state index in [-0.39, 0.29) is 6.04 Å². The van der Waals surface area contributed by atoms with Crippen molar-refractivity contribution >= 4 is 21.4 Å². The minimum Gasteiger partial charge on any atom is -0.312 e. The highest BCUT2D eigenvalue weighted by Gasteiger charge is 2.25. The Bertz CT molecular complexity index is 509. The number of aryl methyl sites for hydroxylation is 1. The van der Waals surface area contributed by atoms with Gasteiger partial charge in [-0.15, -0.1) is 11.3 Å². The predicted octanol–water partition coefficient (Wildman–Crippen LogP) is 3.02. The van der Waals surface area contributed by atoms with Crippen molar-refractivity contribution in [2.24, 2.45) is 0 Å². The summed E-state index contributed by atoms with van der Waals surface area (Å²) in [5.74, 6) is 0. The zero-order valence-electron chi connectivity index (χ0n) is 12.8. The Balaban J connectivity index is 2.99. The molecule has 1 heterocycles. The van der Waals surface area contributed by atoms with Gasteiger partial charge in [0.25, 0.3) is 0 Å². The molecule has 0 radical (unpaired) electrons. The maximum atomic E-state index is 12.6. The van der Waals surface area contributed by atoms with Crippen LogP contribution in [0.15, 0.2) is 10.3 Å². The van der Waals surface area contributed by atoms with Crippen LogP contribution in [0.4, 0.5) is 0 Å². The van der Waals surface area contributed by atoms with Gasteiger partial charge in [0, 0.05) is 17.5 Å². The SMILES string of the molecule is CCCC(CC)NS(=O)(=O)c1c(C)csc1CNCC. The monoisotopic (exact) mass is 318 g/mol. The highest BCUT2D eigenvalue weighted by molar-refractivity contribution is 7.89. The zero-order valence-corrected chi connectivity index (χ0v) is 14.5. The first kappa shape index (κ1) is 17.6. The van der Waals surface area contributed by atoms with Gasteiger partial charge in [-0.05, 0) is 37.3 Å². The first-order valence-electron chi connectivity index (χ1n) is 7.26. The standard InChI is InChI=1S/C14H26N2O2S2/c1-5-8-12(6-2)16-20(17,18)14-11(4)10-19-13(14)9-15-7-3/h10,12,15-16H,5-9H2,1-4H3. The Morgan fingerprint density at radius 2 is 2.00 bits per heavy atom. The third kappa shape index (κ3) is 4.55. The average molecular weight is 319 g/mol. The van der Waals surface area contributed by atoms with E-state index in [2.05, 4.69) is 17.0 Å². The second-order valence-corrected chi connectivity index (χ2v) is 7.58. The summed E-state index contributed by atoms with van der Waals surface area (Å²) in [6.07, 6.45) is 2.67. The molecule has 0 saturated carbocycles. The topological polar surface area (TPSA) is 58.2 Å². The second kappa shape index (κ2) is 8.12. The fraction of sp³-hybridized carbons (Fsp3) is 0.714. The van der Waals surface area contributed by atoms with Crippen molar-refractivity contribution in [2.75, 3.05) is 6.54 Å². The van der Waals surface area contributed by atoms with Gasteiger partial charge < -0.3 is 5.32 Å². The number of hydrogen-bond donors (Lipinski definition) is 2. The fourth-order valence-electron chi connectivity index (χ4n) is 2.18. The summed E-state index contributed by atoms with van der Waals surface area (Å²) in [7, 11) is -3.42. The van der Waals surface area contributed by atoms with E-state index in [1.807, 2.05) is 26.2 Å². The molecule has 0 saturated heterocycles. The van der Waals surface area contributed by atoms with Crippen LogP contribution in [0, 0.1) is 6.92 Å². The van der Waals surface area contributed by atoms with E-state index in [1.165, 1.54) is 11.3 Å². The minimum atomic E-state index is -3.42. The number of thiophene rings is 1. The van der Waals surface area contributed by atoms with Gasteiger partial charge in [-0.1, -0.05) is 27.2 Å². The summed E-state index contributed by atoms with van der Waals surface area (Å²) in [6, 6.07) is 0.0243. The smallest absolute Gasteiger partial charge is 0.242 e. The molecule has 0 aliphatic carbocycles. The van der Waals surface area contributed by atoms with Crippen LogP contribution in [-0.2, 0) is 16.6 Å². The van der Waals surface area contributed by atoms with E-state index >= 15 is 0 Å². The van der Waals surface area contributed by atoms with Crippen molar-refractivity contribution in [1.29, 1.82) is 0 Å². The van der Waals surface area contributed by atoms with E-state index in [0.29, 0.717) is 11.4 Å². The lowest BCUT2D eigenvalue weighted by molar-refractivity contribution is 0.511. The van der Waals surface area contributed by atoms with Crippen LogP contribution in [0.1, 0.15) is 50.5 Å². The van der Waals surface area contributed by atoms with Gasteiger partial charge in [0.15, 0.2) is 0 Å². The molecule has 4 nitrogen and oxygen atoms in total. The molecule has 0 amide bonds. The van der Waals surface area contributed by atoms with E-state index < -0.39 is 10.0 Å². The lowest BCUT2D eigenvalue weighted by Gasteiger charge is -2.17. The van der Waals surface area contributed by atoms with E-state index in [0.717, 1.165) is 36.2 Å². The molecule has 0 aliphatic heterocycles. The zero-order chi connectivity index (χ0) is 15.2. The van der Waals surface area contributed by atoms with Crippen LogP contribution in [0.5, 0.6) is 0 Å². The van der Waals surface area contributed by atoms with Crippen LogP contribution < -0.4 is 10.0 Å². The number of hydrogen-bond acceptors (Lipinski definition) is 4. The molecule has 1 rings (SSSR count). The molecule has 116 valence electrons. The van der Waals surface area contributed by atoms with Crippen molar-refractivity contribution in [3.8, 4) is 0 Å². The molecule has 20 heavy (non-hydrogen) atoms. The van der Waals surface area contributed by atoms with E-state index in [4.69, 9.17) is 0 Å². The van der Waals surface area contributed by atoms with Gasteiger partial charge in [-0.2, -0.15) is 0 Å². The Labute approximate surface area is 127 Å². The lowest BCUT2D eigenvalue weighted by atomic mass is 10.1. The van der Waals surface area contributed by atoms with Gasteiger partial charge in [0.2, 0.25) is 10.0 Å². The van der Waals surface area contributed by atoms with Crippen molar-refractivity contribution in [2.45, 2.75) is 64.4 Å². The van der Waals surface area contributed by atoms with Crippen LogP contribution in [0.3, 0.4) is 0 Å². The van der Waals surface area contributed by atoms with Crippen LogP contribution in [-0.4, -0.2) is 21.0 Å². The molecule has 1 unspecified atom stereocenters. The molecule has 1 aromatic rings. The Morgan fingerprint density at radius 3 is 2.55 bits per heavy atom. The molecule has 0 spiro atoms. The third-order valence-corrected chi connectivity index (χ3v) is 6.23. The summed E-state index contributed by atoms with van der Waals surface area (Å²) < 4.78 is 28.1. The van der Waals surface area contributed by atoms with E-state index in [9.17, 15) is 8.42 Å². The summed E-state index contributed by atoms with van der Waals surface area (Å²) in [5, 5.41) is 5.12. The predicted molar refractivity (Wildman–Crippen MR) is 85.7 cm³/mol. The third-order valence-electron chi connectivity index (χ3n) is 3.25. The number of sulfonamides is 1. The molecule has 0 aromatic carbocycles. The minimum absolute atomic E-state index is 0.0243. The molecule has 6 heteroatoms. The van der Waals surface area contributed by atoms with Crippen molar-refractivity contribution < 1.29 is 8.42 Å². The van der Waals surface area contributed by atoms with Crippen molar-refractivity contribution in [3.05, 3.63) is 15.8 Å². The quantitative estimate of drug-likeness (QED) is 0.736. The Hall–Kier alpha value is -0.430. The molecule has 1 aromatic heterocycles. The van der Waals surface area contributed by atoms with Gasteiger partial charge in [0.1, 0.15) is 4.90 Å². The van der Waals surface area contributed by atoms with Crippen LogP contribution >= 0.6 is 11.3 Å². The van der Waals surface area contributed by atoms with Crippen LogP contribution in [0.2, 0.25) is 0 Å². The molecular formula is C14H26N2O2S2. The van der Waals surface area contributed by atoms with Crippen molar-refractivity contribution in [1.82, 2.24) is 10.0 Å². The Kier molecular flexibility index (Phi) is 7.15. The highest BCUT2D eigenvalue weighted by atomic mass is 32.2. The van der Waals surface area contributed by atoms with Gasteiger partial charge in [0.05, 0.1) is 0 Å². The summed E-state index contributed by atoms with van der Waals surface area (Å²) >= 11 is 1.51.